The van der Waals surface area contributed by atoms with Gasteiger partial charge in [-0.2, -0.15) is 0 Å². The molecule has 1 aliphatic heterocycles. The standard InChI is InChI=1S/C14H9ClO2S2/c15-10-5-7-11(8-6-10)18-13-9-19(16,17)14-4-2-1-3-12(13)14/h1-9H. The van der Waals surface area contributed by atoms with Crippen molar-refractivity contribution in [1.82, 2.24) is 0 Å². The summed E-state index contributed by atoms with van der Waals surface area (Å²) in [5.41, 5.74) is 0.766. The van der Waals surface area contributed by atoms with Crippen LogP contribution in [0.2, 0.25) is 5.02 Å². The van der Waals surface area contributed by atoms with Crippen LogP contribution in [-0.2, 0) is 9.84 Å². The van der Waals surface area contributed by atoms with Gasteiger partial charge in [0.1, 0.15) is 0 Å². The molecule has 0 aromatic heterocycles. The van der Waals surface area contributed by atoms with Crippen LogP contribution in [0.15, 0.2) is 63.7 Å². The fraction of sp³-hybridized carbons (Fsp3) is 0. The van der Waals surface area contributed by atoms with Gasteiger partial charge in [0.15, 0.2) is 0 Å². The van der Waals surface area contributed by atoms with Crippen molar-refractivity contribution in [3.63, 3.8) is 0 Å². The first kappa shape index (κ1) is 12.8. The molecule has 0 spiro atoms. The molecule has 2 nitrogen and oxygen atoms in total. The van der Waals surface area contributed by atoms with Crippen LogP contribution in [0.3, 0.4) is 0 Å². The van der Waals surface area contributed by atoms with Crippen molar-refractivity contribution in [3.05, 3.63) is 64.5 Å². The second-order valence-electron chi connectivity index (χ2n) is 4.08. The maximum atomic E-state index is 12.0. The molecule has 96 valence electrons. The van der Waals surface area contributed by atoms with Gasteiger partial charge in [0, 0.05) is 20.4 Å². The van der Waals surface area contributed by atoms with Crippen LogP contribution in [0.25, 0.3) is 4.91 Å². The smallest absolute Gasteiger partial charge is 0.201 e. The van der Waals surface area contributed by atoms with Gasteiger partial charge in [0.05, 0.1) is 10.3 Å². The fourth-order valence-electron chi connectivity index (χ4n) is 1.89. The largest absolute Gasteiger partial charge is 0.219 e. The van der Waals surface area contributed by atoms with Crippen LogP contribution in [-0.4, -0.2) is 8.42 Å². The Morgan fingerprint density at radius 3 is 2.37 bits per heavy atom. The third-order valence-corrected chi connectivity index (χ3v) is 5.74. The molecule has 0 atom stereocenters. The van der Waals surface area contributed by atoms with E-state index in [2.05, 4.69) is 0 Å². The second kappa shape index (κ2) is 4.71. The second-order valence-corrected chi connectivity index (χ2v) is 7.40. The van der Waals surface area contributed by atoms with Crippen molar-refractivity contribution in [3.8, 4) is 0 Å². The summed E-state index contributed by atoms with van der Waals surface area (Å²) in [4.78, 5) is 2.09. The molecule has 0 unspecified atom stereocenters. The summed E-state index contributed by atoms with van der Waals surface area (Å²) >= 11 is 7.26. The lowest BCUT2D eigenvalue weighted by Crippen LogP contribution is -1.91. The molecule has 2 aromatic rings. The number of halogens is 1. The molecule has 0 N–H and O–H groups in total. The lowest BCUT2D eigenvalue weighted by molar-refractivity contribution is 0.605. The van der Waals surface area contributed by atoms with Gasteiger partial charge in [-0.3, -0.25) is 0 Å². The van der Waals surface area contributed by atoms with Crippen molar-refractivity contribution in [2.24, 2.45) is 0 Å². The van der Waals surface area contributed by atoms with Crippen LogP contribution >= 0.6 is 23.4 Å². The number of hydrogen-bond acceptors (Lipinski definition) is 3. The van der Waals surface area contributed by atoms with Crippen LogP contribution < -0.4 is 0 Å². The number of benzene rings is 2. The van der Waals surface area contributed by atoms with Crippen molar-refractivity contribution < 1.29 is 8.42 Å². The Bertz CT molecular complexity index is 762. The van der Waals surface area contributed by atoms with Crippen LogP contribution in [0, 0.1) is 0 Å². The van der Waals surface area contributed by atoms with E-state index in [1.807, 2.05) is 24.3 Å². The van der Waals surface area contributed by atoms with Crippen molar-refractivity contribution in [2.45, 2.75) is 9.79 Å². The number of sulfone groups is 1. The Morgan fingerprint density at radius 2 is 1.63 bits per heavy atom. The highest BCUT2D eigenvalue weighted by Gasteiger charge is 2.26. The highest BCUT2D eigenvalue weighted by atomic mass is 35.5. The molecule has 0 saturated heterocycles. The van der Waals surface area contributed by atoms with Crippen LogP contribution in [0.5, 0.6) is 0 Å². The topological polar surface area (TPSA) is 34.1 Å². The monoisotopic (exact) mass is 308 g/mol. The molecular formula is C14H9ClO2S2. The first-order chi connectivity index (χ1) is 9.06. The van der Waals surface area contributed by atoms with Gasteiger partial charge < -0.3 is 0 Å². The molecule has 1 aliphatic rings. The van der Waals surface area contributed by atoms with Gasteiger partial charge in [-0.15, -0.1) is 0 Å². The Morgan fingerprint density at radius 1 is 0.947 bits per heavy atom. The molecule has 0 amide bonds. The number of rotatable bonds is 2. The summed E-state index contributed by atoms with van der Waals surface area (Å²) in [5, 5.41) is 1.99. The molecule has 2 aromatic carbocycles. The van der Waals surface area contributed by atoms with Gasteiger partial charge >= 0.3 is 0 Å². The summed E-state index contributed by atoms with van der Waals surface area (Å²) in [6.07, 6.45) is 0. The zero-order chi connectivity index (χ0) is 13.5. The molecule has 19 heavy (non-hydrogen) atoms. The van der Waals surface area contributed by atoms with E-state index in [1.54, 1.807) is 24.3 Å². The zero-order valence-corrected chi connectivity index (χ0v) is 12.1. The lowest BCUT2D eigenvalue weighted by Gasteiger charge is -2.04. The average molecular weight is 309 g/mol. The predicted octanol–water partition coefficient (Wildman–Crippen LogP) is 4.22. The van der Waals surface area contributed by atoms with E-state index in [0.29, 0.717) is 9.92 Å². The molecule has 0 aliphatic carbocycles. The van der Waals surface area contributed by atoms with E-state index in [-0.39, 0.29) is 0 Å². The van der Waals surface area contributed by atoms with Crippen molar-refractivity contribution in [2.75, 3.05) is 0 Å². The van der Waals surface area contributed by atoms with Gasteiger partial charge in [0.2, 0.25) is 9.84 Å². The Labute approximate surface area is 121 Å². The lowest BCUT2D eigenvalue weighted by atomic mass is 10.2. The third-order valence-electron chi connectivity index (χ3n) is 2.76. The normalized spacial score (nSPS) is 15.9. The zero-order valence-electron chi connectivity index (χ0n) is 9.71. The minimum atomic E-state index is -3.29. The molecule has 1 heterocycles. The summed E-state index contributed by atoms with van der Waals surface area (Å²) in [5.74, 6) is 0. The van der Waals surface area contributed by atoms with Gasteiger partial charge in [-0.1, -0.05) is 41.6 Å². The number of thioether (sulfide) groups is 1. The molecule has 0 fully saturated rings. The van der Waals surface area contributed by atoms with Crippen LogP contribution in [0.1, 0.15) is 5.56 Å². The molecule has 0 radical (unpaired) electrons. The van der Waals surface area contributed by atoms with Crippen molar-refractivity contribution in [1.29, 1.82) is 0 Å². The Hall–Kier alpha value is -1.23. The summed E-state index contributed by atoms with van der Waals surface area (Å²) in [6, 6.07) is 14.4. The number of hydrogen-bond donors (Lipinski definition) is 0. The van der Waals surface area contributed by atoms with E-state index in [9.17, 15) is 8.42 Å². The fourth-order valence-corrected chi connectivity index (χ4v) is 4.76. The third kappa shape index (κ3) is 2.43. The van der Waals surface area contributed by atoms with Gasteiger partial charge in [-0.05, 0) is 30.3 Å². The average Bonchev–Trinajstić information content (AvgIpc) is 2.65. The predicted molar refractivity (Wildman–Crippen MR) is 78.9 cm³/mol. The van der Waals surface area contributed by atoms with Crippen molar-refractivity contribution >= 4 is 38.1 Å². The quantitative estimate of drug-likeness (QED) is 0.833. The molecule has 3 rings (SSSR count). The summed E-state index contributed by atoms with van der Waals surface area (Å²) in [7, 11) is -3.29. The molecule has 0 bridgehead atoms. The minimum Gasteiger partial charge on any atom is -0.219 e. The maximum Gasteiger partial charge on any atom is 0.201 e. The van der Waals surface area contributed by atoms with E-state index in [0.717, 1.165) is 15.4 Å². The minimum absolute atomic E-state index is 0.381. The Kier molecular flexibility index (Phi) is 3.17. The Balaban J connectivity index is 2.01. The first-order valence-corrected chi connectivity index (χ1v) is 8.30. The molecular weight excluding hydrogens is 300 g/mol. The summed E-state index contributed by atoms with van der Waals surface area (Å²) in [6.45, 7) is 0. The first-order valence-electron chi connectivity index (χ1n) is 5.56. The number of fused-ring (bicyclic) bond motifs is 1. The maximum absolute atomic E-state index is 12.0. The van der Waals surface area contributed by atoms with E-state index >= 15 is 0 Å². The van der Waals surface area contributed by atoms with Gasteiger partial charge in [0.25, 0.3) is 0 Å². The highest BCUT2D eigenvalue weighted by molar-refractivity contribution is 8.10. The highest BCUT2D eigenvalue weighted by Crippen LogP contribution is 2.43. The van der Waals surface area contributed by atoms with Gasteiger partial charge in [-0.25, -0.2) is 8.42 Å². The SMILES string of the molecule is O=S1(=O)C=C(Sc2ccc(Cl)cc2)c2ccccc21. The van der Waals surface area contributed by atoms with E-state index in [4.69, 9.17) is 11.6 Å². The van der Waals surface area contributed by atoms with Crippen LogP contribution in [0.4, 0.5) is 0 Å². The summed E-state index contributed by atoms with van der Waals surface area (Å²) < 4.78 is 24.0. The molecule has 5 heteroatoms. The van der Waals surface area contributed by atoms with E-state index in [1.165, 1.54) is 17.2 Å². The molecule has 0 saturated carbocycles. The van der Waals surface area contributed by atoms with E-state index < -0.39 is 9.84 Å².